The number of halogens is 1. The summed E-state index contributed by atoms with van der Waals surface area (Å²) in [6, 6.07) is 12.6. The fourth-order valence-corrected chi connectivity index (χ4v) is 4.62. The van der Waals surface area contributed by atoms with Crippen LogP contribution in [0.25, 0.3) is 0 Å². The van der Waals surface area contributed by atoms with Gasteiger partial charge in [0.15, 0.2) is 0 Å². The van der Waals surface area contributed by atoms with Crippen LogP contribution in [0.3, 0.4) is 0 Å². The van der Waals surface area contributed by atoms with Crippen LogP contribution in [-0.4, -0.2) is 59.8 Å². The maximum Gasteiger partial charge on any atom is 0.340 e. The summed E-state index contributed by atoms with van der Waals surface area (Å²) in [5.41, 5.74) is 8.25. The largest absolute Gasteiger partial charge is 0.497 e. The van der Waals surface area contributed by atoms with Gasteiger partial charge in [0.1, 0.15) is 24.2 Å². The van der Waals surface area contributed by atoms with Gasteiger partial charge in [-0.25, -0.2) is 20.7 Å². The molecule has 0 saturated carbocycles. The minimum atomic E-state index is -0.364. The molecule has 178 valence electrons. The Balaban J connectivity index is 1.26. The molecule has 3 N–H and O–H groups in total. The normalized spacial score (nSPS) is 23.1. The van der Waals surface area contributed by atoms with Crippen LogP contribution in [-0.2, 0) is 4.79 Å². The van der Waals surface area contributed by atoms with E-state index >= 15 is 0 Å². The Morgan fingerprint density at radius 2 is 1.91 bits per heavy atom. The van der Waals surface area contributed by atoms with E-state index in [1.54, 1.807) is 36.4 Å². The van der Waals surface area contributed by atoms with Gasteiger partial charge in [-0.1, -0.05) is 23.7 Å². The van der Waals surface area contributed by atoms with Crippen LogP contribution >= 0.6 is 11.6 Å². The second-order valence-electron chi connectivity index (χ2n) is 8.21. The van der Waals surface area contributed by atoms with Crippen LogP contribution < -0.4 is 25.6 Å². The minimum Gasteiger partial charge on any atom is -0.497 e. The smallest absolute Gasteiger partial charge is 0.340 e. The molecule has 5 rings (SSSR count). The van der Waals surface area contributed by atoms with Crippen LogP contribution in [0.2, 0.25) is 5.02 Å². The maximum absolute atomic E-state index is 13.0. The molecule has 3 unspecified atom stereocenters. The number of hydrogen-bond donors (Lipinski definition) is 3. The van der Waals surface area contributed by atoms with Crippen molar-refractivity contribution in [2.75, 3.05) is 26.1 Å². The molecule has 11 heteroatoms. The van der Waals surface area contributed by atoms with E-state index in [9.17, 15) is 9.59 Å². The zero-order valence-electron chi connectivity index (χ0n) is 18.7. The second kappa shape index (κ2) is 9.05. The number of hydrazine groups is 2. The summed E-state index contributed by atoms with van der Waals surface area (Å²) in [4.78, 5) is 27.4. The predicted molar refractivity (Wildman–Crippen MR) is 126 cm³/mol. The van der Waals surface area contributed by atoms with Gasteiger partial charge in [0.2, 0.25) is 5.91 Å². The van der Waals surface area contributed by atoms with E-state index in [1.165, 1.54) is 12.1 Å². The average molecular weight is 485 g/mol. The molecule has 3 aliphatic rings. The van der Waals surface area contributed by atoms with Crippen LogP contribution in [0.15, 0.2) is 54.9 Å². The highest BCUT2D eigenvalue weighted by Crippen LogP contribution is 2.35. The lowest BCUT2D eigenvalue weighted by Gasteiger charge is -2.34. The molecule has 0 aliphatic carbocycles. The zero-order valence-corrected chi connectivity index (χ0v) is 19.5. The fraction of sp³-hybridized carbons (Fsp3) is 0.304. The molecule has 2 aromatic carbocycles. The van der Waals surface area contributed by atoms with Gasteiger partial charge in [-0.3, -0.25) is 9.69 Å². The standard InChI is InChI=1S/C23H25ClN6O4/c1-33-16-7-8-20(34-2)18(11-16)25-21(31)13-30-23(32)28-9-10-29-19(22(28)27-30)12-17(26-29)14-3-5-15(24)6-4-14/h3-11,17,19,22,26-27H,12-13H2,1-2H3,(H,25,31). The molecule has 2 aromatic rings. The third-order valence-corrected chi connectivity index (χ3v) is 6.44. The van der Waals surface area contributed by atoms with Crippen molar-refractivity contribution in [3.8, 4) is 11.5 Å². The van der Waals surface area contributed by atoms with Crippen molar-refractivity contribution < 1.29 is 19.1 Å². The number of carbonyl (C=O) groups is 2. The highest BCUT2D eigenvalue weighted by molar-refractivity contribution is 6.30. The molecule has 0 radical (unpaired) electrons. The number of urea groups is 1. The third kappa shape index (κ3) is 4.11. The first-order valence-electron chi connectivity index (χ1n) is 10.8. The van der Waals surface area contributed by atoms with Crippen molar-refractivity contribution in [3.63, 3.8) is 0 Å². The summed E-state index contributed by atoms with van der Waals surface area (Å²) in [5, 5.41) is 6.82. The number of ether oxygens (including phenoxy) is 2. The quantitative estimate of drug-likeness (QED) is 0.579. The third-order valence-electron chi connectivity index (χ3n) is 6.19. The first-order chi connectivity index (χ1) is 16.5. The van der Waals surface area contributed by atoms with Crippen LogP contribution in [0.1, 0.15) is 18.0 Å². The highest BCUT2D eigenvalue weighted by atomic mass is 35.5. The molecule has 0 spiro atoms. The van der Waals surface area contributed by atoms with Crippen LogP contribution in [0.4, 0.5) is 10.5 Å². The predicted octanol–water partition coefficient (Wildman–Crippen LogP) is 2.67. The number of nitrogens with one attached hydrogen (secondary N) is 3. The Bertz CT molecular complexity index is 1130. The van der Waals surface area contributed by atoms with Crippen molar-refractivity contribution in [2.24, 2.45) is 0 Å². The maximum atomic E-state index is 13.0. The Morgan fingerprint density at radius 3 is 2.65 bits per heavy atom. The number of rotatable bonds is 6. The van der Waals surface area contributed by atoms with E-state index in [4.69, 9.17) is 21.1 Å². The number of carbonyl (C=O) groups excluding carboxylic acids is 2. The number of amides is 3. The van der Waals surface area contributed by atoms with Crippen molar-refractivity contribution in [3.05, 3.63) is 65.5 Å². The number of methoxy groups -OCH3 is 2. The lowest BCUT2D eigenvalue weighted by atomic mass is 10.00. The highest BCUT2D eigenvalue weighted by Gasteiger charge is 2.48. The lowest BCUT2D eigenvalue weighted by molar-refractivity contribution is -0.117. The van der Waals surface area contributed by atoms with Gasteiger partial charge in [0, 0.05) is 23.5 Å². The van der Waals surface area contributed by atoms with E-state index in [2.05, 4.69) is 16.2 Å². The van der Waals surface area contributed by atoms with Gasteiger partial charge in [0.05, 0.1) is 32.0 Å². The number of anilines is 1. The Morgan fingerprint density at radius 1 is 1.12 bits per heavy atom. The van der Waals surface area contributed by atoms with Gasteiger partial charge in [0.25, 0.3) is 0 Å². The molecule has 3 aliphatic heterocycles. The molecule has 3 atom stereocenters. The molecular formula is C23H25ClN6O4. The van der Waals surface area contributed by atoms with Crippen molar-refractivity contribution >= 4 is 29.2 Å². The second-order valence-corrected chi connectivity index (χ2v) is 8.64. The number of hydrogen-bond acceptors (Lipinski definition) is 7. The Hall–Kier alpha value is -3.47. The molecule has 3 heterocycles. The first-order valence-corrected chi connectivity index (χ1v) is 11.2. The minimum absolute atomic E-state index is 0.0128. The van der Waals surface area contributed by atoms with Gasteiger partial charge < -0.3 is 19.8 Å². The van der Waals surface area contributed by atoms with Gasteiger partial charge in [-0.05, 0) is 36.2 Å². The van der Waals surface area contributed by atoms with E-state index in [-0.39, 0.29) is 36.7 Å². The summed E-state index contributed by atoms with van der Waals surface area (Å²) in [6.45, 7) is -0.166. The van der Waals surface area contributed by atoms with Gasteiger partial charge in [-0.2, -0.15) is 0 Å². The fourth-order valence-electron chi connectivity index (χ4n) is 4.49. The topological polar surface area (TPSA) is 98.4 Å². The van der Waals surface area contributed by atoms with Crippen molar-refractivity contribution in [1.29, 1.82) is 0 Å². The SMILES string of the molecule is COc1ccc(OC)c(NC(=O)CN2NC3C4CC(c5ccc(Cl)cc5)NN4C=CN3C2=O)c1. The van der Waals surface area contributed by atoms with Gasteiger partial charge >= 0.3 is 6.03 Å². The number of fused-ring (bicyclic) bond motifs is 3. The molecule has 2 fully saturated rings. The first kappa shape index (κ1) is 22.3. The Labute approximate surface area is 202 Å². The van der Waals surface area contributed by atoms with E-state index < -0.39 is 0 Å². The van der Waals surface area contributed by atoms with E-state index in [0.717, 1.165) is 12.0 Å². The molecule has 10 nitrogen and oxygen atoms in total. The number of benzene rings is 2. The molecule has 0 bridgehead atoms. The van der Waals surface area contributed by atoms with E-state index in [0.29, 0.717) is 22.2 Å². The summed E-state index contributed by atoms with van der Waals surface area (Å²) in [7, 11) is 3.06. The summed E-state index contributed by atoms with van der Waals surface area (Å²) < 4.78 is 10.5. The molecule has 3 amide bonds. The van der Waals surface area contributed by atoms with Crippen molar-refractivity contribution in [1.82, 2.24) is 25.8 Å². The zero-order chi connectivity index (χ0) is 23.8. The molecule has 34 heavy (non-hydrogen) atoms. The number of nitrogens with zero attached hydrogens (tertiary/aromatic N) is 3. The lowest BCUT2D eigenvalue weighted by Crippen LogP contribution is -2.54. The van der Waals surface area contributed by atoms with E-state index in [1.807, 2.05) is 35.5 Å². The summed E-state index contributed by atoms with van der Waals surface area (Å²) in [5.74, 6) is 0.714. The molecular weight excluding hydrogens is 460 g/mol. The Kier molecular flexibility index (Phi) is 5.94. The van der Waals surface area contributed by atoms with Crippen molar-refractivity contribution in [2.45, 2.75) is 24.7 Å². The average Bonchev–Trinajstić information content (AvgIpc) is 3.41. The van der Waals surface area contributed by atoms with Crippen LogP contribution in [0.5, 0.6) is 11.5 Å². The summed E-state index contributed by atoms with van der Waals surface area (Å²) >= 11 is 6.02. The summed E-state index contributed by atoms with van der Waals surface area (Å²) in [6.07, 6.45) is 4.04. The molecule has 2 saturated heterocycles. The monoisotopic (exact) mass is 484 g/mol. The van der Waals surface area contributed by atoms with Crippen LogP contribution in [0, 0.1) is 0 Å². The van der Waals surface area contributed by atoms with Gasteiger partial charge in [-0.15, -0.1) is 0 Å². The molecule has 0 aromatic heterocycles.